The SMILES string of the molecule is Cc1cc([N+](=O)[O-])cc(C(=O)NCC2CCCC2)c1F. The van der Waals surface area contributed by atoms with Gasteiger partial charge in [-0.25, -0.2) is 4.39 Å². The predicted molar refractivity (Wildman–Crippen MR) is 72.1 cm³/mol. The van der Waals surface area contributed by atoms with Gasteiger partial charge in [0.1, 0.15) is 5.82 Å². The van der Waals surface area contributed by atoms with Crippen LogP contribution in [-0.2, 0) is 0 Å². The lowest BCUT2D eigenvalue weighted by molar-refractivity contribution is -0.385. The second kappa shape index (κ2) is 5.98. The van der Waals surface area contributed by atoms with Crippen molar-refractivity contribution < 1.29 is 14.1 Å². The first-order valence-corrected chi connectivity index (χ1v) is 6.71. The van der Waals surface area contributed by atoms with Crippen molar-refractivity contribution in [1.29, 1.82) is 0 Å². The minimum atomic E-state index is -0.695. The Morgan fingerprint density at radius 3 is 2.70 bits per heavy atom. The topological polar surface area (TPSA) is 72.2 Å². The molecule has 0 unspecified atom stereocenters. The largest absolute Gasteiger partial charge is 0.352 e. The molecule has 5 nitrogen and oxygen atoms in total. The van der Waals surface area contributed by atoms with Crippen molar-refractivity contribution in [2.75, 3.05) is 6.54 Å². The number of nitrogens with one attached hydrogen (secondary N) is 1. The van der Waals surface area contributed by atoms with Crippen molar-refractivity contribution in [3.8, 4) is 0 Å². The smallest absolute Gasteiger partial charge is 0.270 e. The Balaban J connectivity index is 2.13. The summed E-state index contributed by atoms with van der Waals surface area (Å²) < 4.78 is 13.9. The Bertz CT molecular complexity index is 539. The van der Waals surface area contributed by atoms with E-state index in [9.17, 15) is 19.3 Å². The zero-order chi connectivity index (χ0) is 14.7. The van der Waals surface area contributed by atoms with Crippen molar-refractivity contribution in [2.24, 2.45) is 5.92 Å². The lowest BCUT2D eigenvalue weighted by Gasteiger charge is -2.11. The van der Waals surface area contributed by atoms with E-state index in [0.717, 1.165) is 37.8 Å². The average molecular weight is 280 g/mol. The van der Waals surface area contributed by atoms with Gasteiger partial charge >= 0.3 is 0 Å². The van der Waals surface area contributed by atoms with E-state index in [1.54, 1.807) is 0 Å². The zero-order valence-corrected chi connectivity index (χ0v) is 11.3. The van der Waals surface area contributed by atoms with E-state index in [0.29, 0.717) is 12.5 Å². The fourth-order valence-electron chi connectivity index (χ4n) is 2.57. The van der Waals surface area contributed by atoms with Gasteiger partial charge in [-0.1, -0.05) is 12.8 Å². The van der Waals surface area contributed by atoms with Gasteiger partial charge in [0.2, 0.25) is 0 Å². The van der Waals surface area contributed by atoms with Crippen LogP contribution in [0.5, 0.6) is 0 Å². The van der Waals surface area contributed by atoms with E-state index in [1.807, 2.05) is 0 Å². The summed E-state index contributed by atoms with van der Waals surface area (Å²) in [4.78, 5) is 22.1. The number of carbonyl (C=O) groups is 1. The maximum absolute atomic E-state index is 13.9. The molecule has 0 radical (unpaired) electrons. The van der Waals surface area contributed by atoms with Crippen LogP contribution >= 0.6 is 0 Å². The number of carbonyl (C=O) groups excluding carboxylic acids is 1. The Morgan fingerprint density at radius 1 is 1.45 bits per heavy atom. The molecule has 1 aromatic carbocycles. The molecule has 0 aliphatic heterocycles. The second-order valence-electron chi connectivity index (χ2n) is 5.24. The molecule has 1 amide bonds. The molecule has 2 rings (SSSR count). The molecule has 1 N–H and O–H groups in total. The molecule has 1 aromatic rings. The molecule has 1 aliphatic rings. The van der Waals surface area contributed by atoms with Gasteiger partial charge < -0.3 is 5.32 Å². The van der Waals surface area contributed by atoms with Gasteiger partial charge in [-0.15, -0.1) is 0 Å². The summed E-state index contributed by atoms with van der Waals surface area (Å²) in [6.07, 6.45) is 4.45. The molecule has 0 atom stereocenters. The Morgan fingerprint density at radius 2 is 2.10 bits per heavy atom. The van der Waals surface area contributed by atoms with Crippen LogP contribution in [0.25, 0.3) is 0 Å². The monoisotopic (exact) mass is 280 g/mol. The first-order chi connectivity index (χ1) is 9.49. The molecule has 0 heterocycles. The molecule has 108 valence electrons. The summed E-state index contributed by atoms with van der Waals surface area (Å²) in [7, 11) is 0. The summed E-state index contributed by atoms with van der Waals surface area (Å²) in [6, 6.07) is 2.12. The van der Waals surface area contributed by atoms with E-state index in [4.69, 9.17) is 0 Å². The maximum Gasteiger partial charge on any atom is 0.270 e. The van der Waals surface area contributed by atoms with Crippen LogP contribution < -0.4 is 5.32 Å². The molecule has 0 saturated heterocycles. The third-order valence-corrected chi connectivity index (χ3v) is 3.72. The lowest BCUT2D eigenvalue weighted by atomic mass is 10.1. The van der Waals surface area contributed by atoms with E-state index in [-0.39, 0.29) is 16.8 Å². The van der Waals surface area contributed by atoms with Gasteiger partial charge in [-0.2, -0.15) is 0 Å². The van der Waals surface area contributed by atoms with Crippen LogP contribution in [0.2, 0.25) is 0 Å². The molecular formula is C14H17FN2O3. The number of hydrogen-bond donors (Lipinski definition) is 1. The van der Waals surface area contributed by atoms with Gasteiger partial charge in [-0.3, -0.25) is 14.9 Å². The van der Waals surface area contributed by atoms with Crippen LogP contribution in [0.15, 0.2) is 12.1 Å². The fourth-order valence-corrected chi connectivity index (χ4v) is 2.57. The third kappa shape index (κ3) is 3.12. The summed E-state index contributed by atoms with van der Waals surface area (Å²) in [5.74, 6) is -0.845. The molecule has 1 saturated carbocycles. The summed E-state index contributed by atoms with van der Waals surface area (Å²) in [6.45, 7) is 1.91. The minimum absolute atomic E-state index is 0.102. The van der Waals surface area contributed by atoms with Gasteiger partial charge in [0.05, 0.1) is 10.5 Å². The van der Waals surface area contributed by atoms with Crippen molar-refractivity contribution in [2.45, 2.75) is 32.6 Å². The molecular weight excluding hydrogens is 263 g/mol. The maximum atomic E-state index is 13.9. The lowest BCUT2D eigenvalue weighted by Crippen LogP contribution is -2.29. The van der Waals surface area contributed by atoms with Crippen LogP contribution in [0, 0.1) is 28.8 Å². The van der Waals surface area contributed by atoms with Crippen LogP contribution in [0.1, 0.15) is 41.6 Å². The highest BCUT2D eigenvalue weighted by Crippen LogP contribution is 2.24. The highest BCUT2D eigenvalue weighted by molar-refractivity contribution is 5.95. The predicted octanol–water partition coefficient (Wildman–Crippen LogP) is 2.96. The number of non-ortho nitro benzene ring substituents is 1. The van der Waals surface area contributed by atoms with Gasteiger partial charge in [0, 0.05) is 18.7 Å². The molecule has 0 bridgehead atoms. The molecule has 1 fully saturated rings. The second-order valence-corrected chi connectivity index (χ2v) is 5.24. The van der Waals surface area contributed by atoms with Crippen molar-refractivity contribution in [3.63, 3.8) is 0 Å². The first-order valence-electron chi connectivity index (χ1n) is 6.71. The number of aryl methyl sites for hydroxylation is 1. The number of nitrogens with zero attached hydrogens (tertiary/aromatic N) is 1. The number of rotatable bonds is 4. The van der Waals surface area contributed by atoms with E-state index >= 15 is 0 Å². The normalized spacial score (nSPS) is 15.3. The van der Waals surface area contributed by atoms with E-state index in [1.165, 1.54) is 6.92 Å². The third-order valence-electron chi connectivity index (χ3n) is 3.72. The summed E-state index contributed by atoms with van der Waals surface area (Å²) in [5, 5.41) is 13.4. The Hall–Kier alpha value is -1.98. The van der Waals surface area contributed by atoms with E-state index in [2.05, 4.69) is 5.32 Å². The number of nitro groups is 1. The van der Waals surface area contributed by atoms with Crippen LogP contribution in [0.3, 0.4) is 0 Å². The Labute approximate surface area is 116 Å². The molecule has 1 aliphatic carbocycles. The quantitative estimate of drug-likeness (QED) is 0.680. The van der Waals surface area contributed by atoms with Gasteiger partial charge in [0.25, 0.3) is 11.6 Å². The highest BCUT2D eigenvalue weighted by atomic mass is 19.1. The fraction of sp³-hybridized carbons (Fsp3) is 0.500. The molecule has 6 heteroatoms. The molecule has 0 spiro atoms. The first kappa shape index (κ1) is 14.4. The molecule has 20 heavy (non-hydrogen) atoms. The summed E-state index contributed by atoms with van der Waals surface area (Å²) in [5.41, 5.74) is -0.421. The number of nitro benzene ring substituents is 1. The number of amides is 1. The van der Waals surface area contributed by atoms with E-state index < -0.39 is 16.6 Å². The van der Waals surface area contributed by atoms with Crippen molar-refractivity contribution >= 4 is 11.6 Å². The standard InChI is InChI=1S/C14H17FN2O3/c1-9-6-11(17(19)20)7-12(13(9)15)14(18)16-8-10-4-2-3-5-10/h6-7,10H,2-5,8H2,1H3,(H,16,18). The number of hydrogen-bond acceptors (Lipinski definition) is 3. The zero-order valence-electron chi connectivity index (χ0n) is 11.3. The average Bonchev–Trinajstić information content (AvgIpc) is 2.92. The van der Waals surface area contributed by atoms with Gasteiger partial charge in [0.15, 0.2) is 0 Å². The number of benzene rings is 1. The number of halogens is 1. The Kier molecular flexibility index (Phi) is 4.32. The minimum Gasteiger partial charge on any atom is -0.352 e. The van der Waals surface area contributed by atoms with Crippen molar-refractivity contribution in [3.05, 3.63) is 39.2 Å². The molecule has 0 aromatic heterocycles. The van der Waals surface area contributed by atoms with Crippen LogP contribution in [-0.4, -0.2) is 17.4 Å². The summed E-state index contributed by atoms with van der Waals surface area (Å²) >= 11 is 0. The van der Waals surface area contributed by atoms with Gasteiger partial charge in [-0.05, 0) is 31.2 Å². The van der Waals surface area contributed by atoms with Crippen LogP contribution in [0.4, 0.5) is 10.1 Å². The van der Waals surface area contributed by atoms with Crippen molar-refractivity contribution in [1.82, 2.24) is 5.32 Å². The highest BCUT2D eigenvalue weighted by Gasteiger charge is 2.21.